The third kappa shape index (κ3) is 1.62. The van der Waals surface area contributed by atoms with Crippen LogP contribution in [0.15, 0.2) is 4.99 Å². The number of hydrogen-bond acceptors (Lipinski definition) is 1. The predicted octanol–water partition coefficient (Wildman–Crippen LogP) is 0.450. The lowest BCUT2D eigenvalue weighted by Gasteiger charge is -2.06. The number of nitrogens with two attached hydrogens (primary N) is 2. The predicted molar refractivity (Wildman–Crippen MR) is 42.6 cm³/mol. The Labute approximate surface area is 61.5 Å². The van der Waals surface area contributed by atoms with Gasteiger partial charge in [0.25, 0.3) is 0 Å². The highest BCUT2D eigenvalue weighted by Gasteiger charge is 2.40. The Bertz CT molecular complexity index is 143. The molecule has 0 saturated heterocycles. The van der Waals surface area contributed by atoms with Crippen LogP contribution >= 0.6 is 0 Å². The van der Waals surface area contributed by atoms with Gasteiger partial charge in [-0.1, -0.05) is 6.92 Å². The van der Waals surface area contributed by atoms with Crippen LogP contribution in [0.3, 0.4) is 0 Å². The summed E-state index contributed by atoms with van der Waals surface area (Å²) in [5.41, 5.74) is 10.9. The van der Waals surface area contributed by atoms with E-state index in [1.165, 1.54) is 19.3 Å². The summed E-state index contributed by atoms with van der Waals surface area (Å²) in [6, 6.07) is 0. The molecular weight excluding hydrogens is 126 g/mol. The average Bonchev–Trinajstić information content (AvgIpc) is 2.64. The summed E-state index contributed by atoms with van der Waals surface area (Å²) in [5, 5.41) is 0. The third-order valence-electron chi connectivity index (χ3n) is 2.30. The summed E-state index contributed by atoms with van der Waals surface area (Å²) < 4.78 is 0. The highest BCUT2D eigenvalue weighted by atomic mass is 15.0. The first-order valence-electron chi connectivity index (χ1n) is 3.74. The minimum atomic E-state index is 0.222. The normalized spacial score (nSPS) is 20.1. The van der Waals surface area contributed by atoms with Crippen molar-refractivity contribution in [2.24, 2.45) is 21.9 Å². The number of rotatable bonds is 3. The monoisotopic (exact) mass is 141 g/mol. The van der Waals surface area contributed by atoms with Crippen molar-refractivity contribution in [2.75, 3.05) is 6.54 Å². The molecule has 1 rings (SSSR count). The van der Waals surface area contributed by atoms with Crippen molar-refractivity contribution in [1.29, 1.82) is 0 Å². The maximum absolute atomic E-state index is 5.21. The second kappa shape index (κ2) is 2.48. The van der Waals surface area contributed by atoms with Gasteiger partial charge in [-0.15, -0.1) is 0 Å². The zero-order valence-electron chi connectivity index (χ0n) is 6.43. The Morgan fingerprint density at radius 1 is 1.50 bits per heavy atom. The molecule has 0 aromatic rings. The first kappa shape index (κ1) is 7.38. The minimum Gasteiger partial charge on any atom is -0.370 e. The van der Waals surface area contributed by atoms with E-state index in [9.17, 15) is 0 Å². The first-order chi connectivity index (χ1) is 4.68. The SMILES string of the molecule is CCC1(CN=C(N)N)CC1. The molecule has 1 fully saturated rings. The van der Waals surface area contributed by atoms with Gasteiger partial charge in [-0.3, -0.25) is 4.99 Å². The lowest BCUT2D eigenvalue weighted by molar-refractivity contribution is 0.506. The fraction of sp³-hybridized carbons (Fsp3) is 0.857. The summed E-state index contributed by atoms with van der Waals surface area (Å²) in [6.45, 7) is 3.01. The molecule has 10 heavy (non-hydrogen) atoms. The van der Waals surface area contributed by atoms with E-state index in [4.69, 9.17) is 11.5 Å². The van der Waals surface area contributed by atoms with E-state index in [1.807, 2.05) is 0 Å². The van der Waals surface area contributed by atoms with Crippen LogP contribution < -0.4 is 11.5 Å². The number of aliphatic imine (C=N–C) groups is 1. The molecule has 0 spiro atoms. The van der Waals surface area contributed by atoms with Gasteiger partial charge < -0.3 is 11.5 Å². The first-order valence-corrected chi connectivity index (χ1v) is 3.74. The fourth-order valence-corrected chi connectivity index (χ4v) is 1.06. The van der Waals surface area contributed by atoms with E-state index in [2.05, 4.69) is 11.9 Å². The molecule has 0 bridgehead atoms. The molecule has 1 aliphatic carbocycles. The molecule has 0 atom stereocenters. The van der Waals surface area contributed by atoms with Crippen LogP contribution in [0.5, 0.6) is 0 Å². The number of nitrogens with zero attached hydrogens (tertiary/aromatic N) is 1. The lowest BCUT2D eigenvalue weighted by atomic mass is 10.1. The highest BCUT2D eigenvalue weighted by molar-refractivity contribution is 5.75. The Morgan fingerprint density at radius 2 is 2.10 bits per heavy atom. The quantitative estimate of drug-likeness (QED) is 0.442. The minimum absolute atomic E-state index is 0.222. The van der Waals surface area contributed by atoms with E-state index in [0.29, 0.717) is 5.41 Å². The molecule has 0 heterocycles. The molecule has 0 unspecified atom stereocenters. The maximum Gasteiger partial charge on any atom is 0.185 e. The standard InChI is InChI=1S/C7H15N3/c1-2-7(3-4-7)5-10-6(8)9/h2-5H2,1H3,(H4,8,9,10). The van der Waals surface area contributed by atoms with Gasteiger partial charge in [-0.05, 0) is 24.7 Å². The molecule has 58 valence electrons. The van der Waals surface area contributed by atoms with Crippen molar-refractivity contribution in [3.63, 3.8) is 0 Å². The Morgan fingerprint density at radius 3 is 2.40 bits per heavy atom. The van der Waals surface area contributed by atoms with Gasteiger partial charge in [0.05, 0.1) is 0 Å². The second-order valence-electron chi connectivity index (χ2n) is 3.09. The molecule has 3 heteroatoms. The van der Waals surface area contributed by atoms with Crippen molar-refractivity contribution < 1.29 is 0 Å². The largest absolute Gasteiger partial charge is 0.370 e. The summed E-state index contributed by atoms with van der Waals surface area (Å²) in [6.07, 6.45) is 3.78. The molecule has 0 aromatic carbocycles. The highest BCUT2D eigenvalue weighted by Crippen LogP contribution is 2.48. The van der Waals surface area contributed by atoms with Gasteiger partial charge in [0.15, 0.2) is 5.96 Å². The lowest BCUT2D eigenvalue weighted by Crippen LogP contribution is -2.24. The third-order valence-corrected chi connectivity index (χ3v) is 2.30. The zero-order chi connectivity index (χ0) is 7.61. The van der Waals surface area contributed by atoms with Crippen LogP contribution in [-0.4, -0.2) is 12.5 Å². The average molecular weight is 141 g/mol. The number of hydrogen-bond donors (Lipinski definition) is 2. The van der Waals surface area contributed by atoms with Gasteiger partial charge in [-0.25, -0.2) is 0 Å². The van der Waals surface area contributed by atoms with E-state index >= 15 is 0 Å². The molecule has 3 nitrogen and oxygen atoms in total. The molecule has 1 aliphatic rings. The molecule has 0 aliphatic heterocycles. The van der Waals surface area contributed by atoms with Gasteiger partial charge in [0, 0.05) is 6.54 Å². The molecule has 0 amide bonds. The Kier molecular flexibility index (Phi) is 1.83. The van der Waals surface area contributed by atoms with Crippen molar-refractivity contribution in [2.45, 2.75) is 26.2 Å². The van der Waals surface area contributed by atoms with Crippen LogP contribution in [0.25, 0.3) is 0 Å². The molecule has 1 saturated carbocycles. The maximum atomic E-state index is 5.21. The molecule has 0 radical (unpaired) electrons. The van der Waals surface area contributed by atoms with Crippen LogP contribution in [0.4, 0.5) is 0 Å². The van der Waals surface area contributed by atoms with Gasteiger partial charge >= 0.3 is 0 Å². The van der Waals surface area contributed by atoms with E-state index in [0.717, 1.165) is 6.54 Å². The van der Waals surface area contributed by atoms with Gasteiger partial charge in [0.1, 0.15) is 0 Å². The molecular formula is C7H15N3. The van der Waals surface area contributed by atoms with E-state index in [1.54, 1.807) is 0 Å². The van der Waals surface area contributed by atoms with Crippen molar-refractivity contribution in [1.82, 2.24) is 0 Å². The second-order valence-corrected chi connectivity index (χ2v) is 3.09. The summed E-state index contributed by atoms with van der Waals surface area (Å²) in [7, 11) is 0. The summed E-state index contributed by atoms with van der Waals surface area (Å²) >= 11 is 0. The Balaban J connectivity index is 2.32. The smallest absolute Gasteiger partial charge is 0.185 e. The van der Waals surface area contributed by atoms with E-state index in [-0.39, 0.29) is 5.96 Å². The summed E-state index contributed by atoms with van der Waals surface area (Å²) in [5.74, 6) is 0.222. The summed E-state index contributed by atoms with van der Waals surface area (Å²) in [4.78, 5) is 4.00. The molecule has 4 N–H and O–H groups in total. The zero-order valence-corrected chi connectivity index (χ0v) is 6.43. The van der Waals surface area contributed by atoms with E-state index < -0.39 is 0 Å². The fourth-order valence-electron chi connectivity index (χ4n) is 1.06. The van der Waals surface area contributed by atoms with Crippen LogP contribution in [0.1, 0.15) is 26.2 Å². The van der Waals surface area contributed by atoms with Gasteiger partial charge in [-0.2, -0.15) is 0 Å². The Hall–Kier alpha value is -0.730. The van der Waals surface area contributed by atoms with Gasteiger partial charge in [0.2, 0.25) is 0 Å². The van der Waals surface area contributed by atoms with Crippen molar-refractivity contribution in [3.8, 4) is 0 Å². The molecule has 0 aromatic heterocycles. The van der Waals surface area contributed by atoms with Crippen molar-refractivity contribution in [3.05, 3.63) is 0 Å². The van der Waals surface area contributed by atoms with Crippen LogP contribution in [0, 0.1) is 5.41 Å². The topological polar surface area (TPSA) is 64.4 Å². The number of guanidine groups is 1. The van der Waals surface area contributed by atoms with Crippen molar-refractivity contribution >= 4 is 5.96 Å². The van der Waals surface area contributed by atoms with Crippen LogP contribution in [-0.2, 0) is 0 Å². The van der Waals surface area contributed by atoms with Crippen LogP contribution in [0.2, 0.25) is 0 Å².